The number of hydrogen-bond donors (Lipinski definition) is 0. The Morgan fingerprint density at radius 3 is 1.62 bits per heavy atom. The lowest BCUT2D eigenvalue weighted by atomic mass is 9.77. The molecular formula is C5H9B3. The van der Waals surface area contributed by atoms with E-state index in [1.807, 2.05) is 0 Å². The fraction of sp³-hybridized carbons (Fsp3) is 1.00. The molecule has 0 heterocycles. The van der Waals surface area contributed by atoms with Crippen LogP contribution in [0.25, 0.3) is 0 Å². The van der Waals surface area contributed by atoms with Gasteiger partial charge in [-0.2, -0.15) is 0 Å². The van der Waals surface area contributed by atoms with Crippen molar-refractivity contribution in [2.24, 2.45) is 5.92 Å². The molecule has 0 aliphatic rings. The molecule has 0 unspecified atom stereocenters. The van der Waals surface area contributed by atoms with Gasteiger partial charge in [0.2, 0.25) is 0 Å². The SMILES string of the molecule is [B]CCC(C[B])C[B]. The van der Waals surface area contributed by atoms with E-state index in [-0.39, 0.29) is 0 Å². The van der Waals surface area contributed by atoms with E-state index in [0.717, 1.165) is 6.42 Å². The van der Waals surface area contributed by atoms with Crippen molar-refractivity contribution in [2.75, 3.05) is 0 Å². The maximum Gasteiger partial charge on any atom is 0.0656 e. The lowest BCUT2D eigenvalue weighted by Crippen LogP contribution is -1.97. The summed E-state index contributed by atoms with van der Waals surface area (Å²) in [6.45, 7) is 0. The zero-order chi connectivity index (χ0) is 6.41. The lowest BCUT2D eigenvalue weighted by Gasteiger charge is -2.09. The van der Waals surface area contributed by atoms with Gasteiger partial charge in [0.25, 0.3) is 0 Å². The molecule has 0 saturated carbocycles. The summed E-state index contributed by atoms with van der Waals surface area (Å²) in [5, 5.41) is 0. The lowest BCUT2D eigenvalue weighted by molar-refractivity contribution is 0.624. The molecule has 0 aliphatic heterocycles. The first-order chi connectivity index (χ1) is 3.85. The fourth-order valence-electron chi connectivity index (χ4n) is 0.568. The van der Waals surface area contributed by atoms with Crippen molar-refractivity contribution < 1.29 is 0 Å². The van der Waals surface area contributed by atoms with Gasteiger partial charge in [0.15, 0.2) is 0 Å². The average molecular weight is 102 g/mol. The molecular weight excluding hydrogens is 92.5 g/mol. The van der Waals surface area contributed by atoms with Crippen molar-refractivity contribution in [3.63, 3.8) is 0 Å². The standard InChI is InChI=1S/C5H9B3/c6-2-1-5(3-7)4-8/h5H,1-4H2. The highest BCUT2D eigenvalue weighted by atomic mass is 14.0. The third-order valence-electron chi connectivity index (χ3n) is 1.24. The van der Waals surface area contributed by atoms with Gasteiger partial charge in [0, 0.05) is 0 Å². The topological polar surface area (TPSA) is 0 Å². The Morgan fingerprint density at radius 2 is 1.50 bits per heavy atom. The molecule has 0 fully saturated rings. The maximum atomic E-state index is 5.33. The Kier molecular flexibility index (Phi) is 5.46. The van der Waals surface area contributed by atoms with Crippen molar-refractivity contribution in [3.8, 4) is 0 Å². The van der Waals surface area contributed by atoms with E-state index in [1.165, 1.54) is 0 Å². The van der Waals surface area contributed by atoms with Crippen LogP contribution in [0.4, 0.5) is 0 Å². The van der Waals surface area contributed by atoms with Crippen LogP contribution in [0.3, 0.4) is 0 Å². The molecule has 8 heavy (non-hydrogen) atoms. The summed E-state index contributed by atoms with van der Waals surface area (Å²) in [6, 6.07) is 0. The molecule has 0 nitrogen and oxygen atoms in total. The summed E-state index contributed by atoms with van der Waals surface area (Å²) in [4.78, 5) is 0. The number of rotatable bonds is 4. The molecule has 0 saturated heterocycles. The summed E-state index contributed by atoms with van der Waals surface area (Å²) in [5.41, 5.74) is 0. The zero-order valence-corrected chi connectivity index (χ0v) is 5.14. The van der Waals surface area contributed by atoms with Gasteiger partial charge in [-0.3, -0.25) is 0 Å². The molecule has 0 amide bonds. The summed E-state index contributed by atoms with van der Waals surface area (Å²) < 4.78 is 0. The summed E-state index contributed by atoms with van der Waals surface area (Å²) >= 11 is 0. The van der Waals surface area contributed by atoms with Crippen molar-refractivity contribution in [3.05, 3.63) is 0 Å². The molecule has 0 rings (SSSR count). The largest absolute Gasteiger partial charge is 0.0885 e. The highest BCUT2D eigenvalue weighted by Crippen LogP contribution is 2.11. The van der Waals surface area contributed by atoms with Crippen LogP contribution in [0.15, 0.2) is 0 Å². The molecule has 0 N–H and O–H groups in total. The highest BCUT2D eigenvalue weighted by Gasteiger charge is 1.98. The number of hydrogen-bond acceptors (Lipinski definition) is 0. The predicted molar refractivity (Wildman–Crippen MR) is 39.8 cm³/mol. The Balaban J connectivity index is 3.07. The predicted octanol–water partition coefficient (Wildman–Crippen LogP) is 0.753. The second kappa shape index (κ2) is 5.33. The first-order valence-corrected chi connectivity index (χ1v) is 2.95. The van der Waals surface area contributed by atoms with E-state index in [9.17, 15) is 0 Å². The minimum Gasteiger partial charge on any atom is -0.0885 e. The third-order valence-corrected chi connectivity index (χ3v) is 1.24. The monoisotopic (exact) mass is 102 g/mol. The zero-order valence-electron chi connectivity index (χ0n) is 5.14. The van der Waals surface area contributed by atoms with Gasteiger partial charge in [-0.1, -0.05) is 31.3 Å². The highest BCUT2D eigenvalue weighted by molar-refractivity contribution is 6.12. The minimum atomic E-state index is 0.431. The van der Waals surface area contributed by atoms with Gasteiger partial charge in [-0.25, -0.2) is 0 Å². The van der Waals surface area contributed by atoms with Crippen LogP contribution in [0.2, 0.25) is 19.0 Å². The van der Waals surface area contributed by atoms with Crippen molar-refractivity contribution in [2.45, 2.75) is 25.4 Å². The Morgan fingerprint density at radius 1 is 1.00 bits per heavy atom. The quantitative estimate of drug-likeness (QED) is 0.459. The first kappa shape index (κ1) is 8.19. The fourth-order valence-corrected chi connectivity index (χ4v) is 0.568. The molecule has 0 bridgehead atoms. The molecule has 0 atom stereocenters. The molecule has 3 heteroatoms. The van der Waals surface area contributed by atoms with E-state index >= 15 is 0 Å². The van der Waals surface area contributed by atoms with Crippen molar-refractivity contribution in [1.29, 1.82) is 0 Å². The minimum absolute atomic E-state index is 0.431. The van der Waals surface area contributed by atoms with Crippen LogP contribution in [0.5, 0.6) is 0 Å². The Hall–Kier alpha value is 0.195. The van der Waals surface area contributed by atoms with Crippen LogP contribution in [0, 0.1) is 5.92 Å². The summed E-state index contributed by atoms with van der Waals surface area (Å²) in [6.07, 6.45) is 2.97. The van der Waals surface area contributed by atoms with Crippen LogP contribution in [0.1, 0.15) is 6.42 Å². The molecule has 6 radical (unpaired) electrons. The van der Waals surface area contributed by atoms with Gasteiger partial charge in [-0.05, 0) is 0 Å². The van der Waals surface area contributed by atoms with Gasteiger partial charge in [0.05, 0.1) is 23.5 Å². The molecule has 0 aromatic rings. The van der Waals surface area contributed by atoms with Crippen LogP contribution in [-0.2, 0) is 0 Å². The van der Waals surface area contributed by atoms with Crippen molar-refractivity contribution in [1.82, 2.24) is 0 Å². The van der Waals surface area contributed by atoms with E-state index in [1.54, 1.807) is 0 Å². The normalized spacial score (nSPS) is 10.1. The molecule has 0 spiro atoms. The van der Waals surface area contributed by atoms with Crippen LogP contribution in [-0.4, -0.2) is 23.5 Å². The van der Waals surface area contributed by atoms with Gasteiger partial charge in [-0.15, -0.1) is 0 Å². The summed E-state index contributed by atoms with van der Waals surface area (Å²) in [5.74, 6) is 0.431. The third kappa shape index (κ3) is 3.23. The maximum absolute atomic E-state index is 5.33. The molecule has 38 valence electrons. The first-order valence-electron chi connectivity index (χ1n) is 2.95. The van der Waals surface area contributed by atoms with Crippen LogP contribution >= 0.6 is 0 Å². The van der Waals surface area contributed by atoms with Gasteiger partial charge < -0.3 is 0 Å². The van der Waals surface area contributed by atoms with Crippen LogP contribution < -0.4 is 0 Å². The molecule has 0 aliphatic carbocycles. The Labute approximate surface area is 55.7 Å². The van der Waals surface area contributed by atoms with E-state index < -0.39 is 0 Å². The van der Waals surface area contributed by atoms with E-state index in [4.69, 9.17) is 23.5 Å². The van der Waals surface area contributed by atoms with Gasteiger partial charge >= 0.3 is 0 Å². The van der Waals surface area contributed by atoms with E-state index in [2.05, 4.69) is 0 Å². The smallest absolute Gasteiger partial charge is 0.0656 e. The van der Waals surface area contributed by atoms with Gasteiger partial charge in [0.1, 0.15) is 0 Å². The van der Waals surface area contributed by atoms with Crippen molar-refractivity contribution >= 4 is 23.5 Å². The van der Waals surface area contributed by atoms with E-state index in [0.29, 0.717) is 24.9 Å². The molecule has 0 aromatic carbocycles. The second-order valence-corrected chi connectivity index (χ2v) is 1.91. The second-order valence-electron chi connectivity index (χ2n) is 1.91. The molecule has 0 aromatic heterocycles. The average Bonchev–Trinajstić information content (AvgIpc) is 1.83. The summed E-state index contributed by atoms with van der Waals surface area (Å²) in [7, 11) is 15.9. The Bertz CT molecular complexity index is 42.9.